The summed E-state index contributed by atoms with van der Waals surface area (Å²) in [6.45, 7) is 0. The number of ether oxygens (including phenoxy) is 2. The summed E-state index contributed by atoms with van der Waals surface area (Å²) in [4.78, 5) is 0. The zero-order valence-corrected chi connectivity index (χ0v) is 27.7. The van der Waals surface area contributed by atoms with Crippen molar-refractivity contribution in [2.24, 2.45) is 0 Å². The fourth-order valence-corrected chi connectivity index (χ4v) is 7.65. The Labute approximate surface area is 296 Å². The highest BCUT2D eigenvalue weighted by Gasteiger charge is 2.26. The normalized spacial score (nSPS) is 11.8. The second-order valence-electron chi connectivity index (χ2n) is 12.8. The van der Waals surface area contributed by atoms with E-state index in [0.29, 0.717) is 0 Å². The molecule has 0 spiro atoms. The van der Waals surface area contributed by atoms with Crippen LogP contribution in [0.4, 0.5) is 0 Å². The Balaban J connectivity index is 1.31. The first kappa shape index (κ1) is 29.1. The molecule has 0 saturated heterocycles. The van der Waals surface area contributed by atoms with Gasteiger partial charge in [0.2, 0.25) is 0 Å². The van der Waals surface area contributed by atoms with Crippen LogP contribution >= 0.6 is 0 Å². The van der Waals surface area contributed by atoms with E-state index in [1.165, 1.54) is 10.8 Å². The summed E-state index contributed by atoms with van der Waals surface area (Å²) in [6.07, 6.45) is 0. The van der Waals surface area contributed by atoms with Gasteiger partial charge in [-0.05, 0) is 47.5 Å². The van der Waals surface area contributed by atoms with Gasteiger partial charge in [0.05, 0.1) is 11.0 Å². The Morgan fingerprint density at radius 1 is 0.314 bits per heavy atom. The van der Waals surface area contributed by atoms with E-state index in [4.69, 9.17) is 9.47 Å². The van der Waals surface area contributed by atoms with Gasteiger partial charge in [0.25, 0.3) is 0 Å². The van der Waals surface area contributed by atoms with Crippen molar-refractivity contribution in [3.63, 3.8) is 0 Å². The molecule has 0 bridgehead atoms. The zero-order chi connectivity index (χ0) is 33.7. The lowest BCUT2D eigenvalue weighted by Crippen LogP contribution is -2.00. The van der Waals surface area contributed by atoms with E-state index in [1.807, 2.05) is 30.3 Å². The molecule has 0 amide bonds. The maximum absolute atomic E-state index is 7.49. The van der Waals surface area contributed by atoms with Crippen LogP contribution in [0.3, 0.4) is 0 Å². The van der Waals surface area contributed by atoms with Crippen molar-refractivity contribution in [3.8, 4) is 73.2 Å². The maximum Gasteiger partial charge on any atom is 0.143 e. The van der Waals surface area contributed by atoms with Crippen molar-refractivity contribution in [2.45, 2.75) is 0 Å². The molecule has 3 heteroatoms. The third kappa shape index (κ3) is 4.74. The summed E-state index contributed by atoms with van der Waals surface area (Å²) < 4.78 is 16.7. The maximum atomic E-state index is 7.49. The van der Waals surface area contributed by atoms with Crippen molar-refractivity contribution in [1.29, 1.82) is 0 Å². The Hall–Kier alpha value is -6.84. The molecule has 0 saturated carbocycles. The minimum absolute atomic E-state index is 0.772. The molecule has 1 aromatic heterocycles. The van der Waals surface area contributed by atoms with Crippen LogP contribution in [0.15, 0.2) is 188 Å². The van der Waals surface area contributed by atoms with Crippen LogP contribution in [-0.2, 0) is 0 Å². The third-order valence-electron chi connectivity index (χ3n) is 9.90. The Morgan fingerprint density at radius 3 is 1.49 bits per heavy atom. The highest BCUT2D eigenvalue weighted by atomic mass is 16.5. The lowest BCUT2D eigenvalue weighted by molar-refractivity contribution is 0.474. The molecule has 0 fully saturated rings. The molecule has 0 aliphatic carbocycles. The molecule has 10 rings (SSSR count). The molecule has 8 aromatic carbocycles. The Bertz CT molecular complexity index is 2740. The first-order valence-electron chi connectivity index (χ1n) is 17.3. The van der Waals surface area contributed by atoms with Gasteiger partial charge in [-0.2, -0.15) is 0 Å². The lowest BCUT2D eigenvalue weighted by Gasteiger charge is -2.24. The average Bonchev–Trinajstić information content (AvgIpc) is 3.54. The van der Waals surface area contributed by atoms with Crippen molar-refractivity contribution in [1.82, 2.24) is 4.57 Å². The van der Waals surface area contributed by atoms with Gasteiger partial charge in [0.15, 0.2) is 0 Å². The molecule has 0 unspecified atom stereocenters. The second-order valence-corrected chi connectivity index (χ2v) is 12.8. The van der Waals surface area contributed by atoms with Gasteiger partial charge in [0, 0.05) is 49.8 Å². The summed E-state index contributed by atoms with van der Waals surface area (Å²) in [5.74, 6) is 3.11. The second kappa shape index (κ2) is 11.9. The van der Waals surface area contributed by atoms with Gasteiger partial charge >= 0.3 is 0 Å². The molecule has 9 aromatic rings. The van der Waals surface area contributed by atoms with E-state index in [9.17, 15) is 0 Å². The highest BCUT2D eigenvalue weighted by Crippen LogP contribution is 2.53. The van der Waals surface area contributed by atoms with E-state index < -0.39 is 0 Å². The average molecular weight is 654 g/mol. The summed E-state index contributed by atoms with van der Waals surface area (Å²) >= 11 is 0. The topological polar surface area (TPSA) is 23.4 Å². The summed E-state index contributed by atoms with van der Waals surface area (Å²) in [5, 5.41) is 2.37. The predicted molar refractivity (Wildman–Crippen MR) is 209 cm³/mol. The molecule has 1 aliphatic rings. The van der Waals surface area contributed by atoms with Crippen LogP contribution in [0, 0.1) is 0 Å². The van der Waals surface area contributed by atoms with Crippen LogP contribution in [-0.4, -0.2) is 4.57 Å². The third-order valence-corrected chi connectivity index (χ3v) is 9.90. The highest BCUT2D eigenvalue weighted by molar-refractivity contribution is 6.16. The molecule has 0 atom stereocenters. The molecule has 51 heavy (non-hydrogen) atoms. The smallest absolute Gasteiger partial charge is 0.143 e. The fraction of sp³-hybridized carbons (Fsp3) is 0. The van der Waals surface area contributed by atoms with Gasteiger partial charge in [-0.1, -0.05) is 152 Å². The number of hydrogen-bond donors (Lipinski definition) is 0. The van der Waals surface area contributed by atoms with Gasteiger partial charge in [-0.15, -0.1) is 0 Å². The van der Waals surface area contributed by atoms with E-state index in [2.05, 4.69) is 162 Å². The quantitative estimate of drug-likeness (QED) is 0.189. The number of rotatable bonds is 3. The molecule has 0 N–H and O–H groups in total. The SMILES string of the molecule is c1ccc(-c2cccc3c2Oc2c(cccc2-c2cccc4c2c2ccccc2n4-c2ccccc2)-c2ccccc2Oc2ccccc2-3)cc1. The predicted octanol–water partition coefficient (Wildman–Crippen LogP) is 13.3. The first-order valence-corrected chi connectivity index (χ1v) is 17.3. The zero-order valence-electron chi connectivity index (χ0n) is 27.7. The number of hydrogen-bond acceptors (Lipinski definition) is 2. The van der Waals surface area contributed by atoms with E-state index in [1.54, 1.807) is 0 Å². The van der Waals surface area contributed by atoms with Crippen LogP contribution in [0.1, 0.15) is 0 Å². The summed E-state index contributed by atoms with van der Waals surface area (Å²) in [5.41, 5.74) is 11.5. The molecule has 3 nitrogen and oxygen atoms in total. The van der Waals surface area contributed by atoms with E-state index in [0.717, 1.165) is 84.2 Å². The first-order chi connectivity index (χ1) is 25.3. The largest absolute Gasteiger partial charge is 0.456 e. The Morgan fingerprint density at radius 2 is 0.784 bits per heavy atom. The number of benzene rings is 8. The minimum Gasteiger partial charge on any atom is -0.456 e. The lowest BCUT2D eigenvalue weighted by atomic mass is 9.92. The van der Waals surface area contributed by atoms with Crippen molar-refractivity contribution >= 4 is 21.8 Å². The molecule has 2 heterocycles. The van der Waals surface area contributed by atoms with E-state index >= 15 is 0 Å². The van der Waals surface area contributed by atoms with Crippen molar-refractivity contribution in [3.05, 3.63) is 188 Å². The van der Waals surface area contributed by atoms with Crippen molar-refractivity contribution in [2.75, 3.05) is 0 Å². The van der Waals surface area contributed by atoms with Gasteiger partial charge in [-0.25, -0.2) is 0 Å². The molecule has 240 valence electrons. The molecular formula is C48H31NO2. The number of aromatic nitrogens is 1. The van der Waals surface area contributed by atoms with Gasteiger partial charge in [-0.3, -0.25) is 0 Å². The van der Waals surface area contributed by atoms with Crippen molar-refractivity contribution < 1.29 is 9.47 Å². The van der Waals surface area contributed by atoms with E-state index in [-0.39, 0.29) is 0 Å². The van der Waals surface area contributed by atoms with Gasteiger partial charge in [0.1, 0.15) is 23.0 Å². The summed E-state index contributed by atoms with van der Waals surface area (Å²) in [7, 11) is 0. The monoisotopic (exact) mass is 653 g/mol. The number of para-hydroxylation sites is 6. The standard InChI is InChI=1S/C48H31NO2/c1-3-16-32(17-4-1)34-23-13-25-38-35-20-8-11-30-44(35)50-45-31-12-9-21-36(45)39-26-14-27-40(48(39)51-47(34)38)37-24-15-29-43-46(37)41-22-7-10-28-42(41)49(43)33-18-5-2-6-19-33/h1-31H. The molecule has 1 aliphatic heterocycles. The Kier molecular flexibility index (Phi) is 6.81. The molecular weight excluding hydrogens is 623 g/mol. The molecule has 0 radical (unpaired) electrons. The van der Waals surface area contributed by atoms with Crippen LogP contribution < -0.4 is 9.47 Å². The van der Waals surface area contributed by atoms with Crippen LogP contribution in [0.5, 0.6) is 23.0 Å². The van der Waals surface area contributed by atoms with Crippen LogP contribution in [0.25, 0.3) is 72.0 Å². The van der Waals surface area contributed by atoms with Gasteiger partial charge < -0.3 is 14.0 Å². The minimum atomic E-state index is 0.772. The summed E-state index contributed by atoms with van der Waals surface area (Å²) in [6, 6.07) is 65.7. The number of fused-ring (bicyclic) bond motifs is 9. The van der Waals surface area contributed by atoms with Crippen LogP contribution in [0.2, 0.25) is 0 Å². The fourth-order valence-electron chi connectivity index (χ4n) is 7.65. The number of nitrogens with zero attached hydrogens (tertiary/aromatic N) is 1.